The number of methoxy groups -OCH3 is 1. The Kier molecular flexibility index (Phi) is 6.02. The third-order valence-electron chi connectivity index (χ3n) is 3.59. The molecule has 0 aliphatic heterocycles. The second-order valence-corrected chi connectivity index (χ2v) is 5.56. The number of amides is 1. The number of hydrogen-bond donors (Lipinski definition) is 1. The average Bonchev–Trinajstić information content (AvgIpc) is 2.56. The van der Waals surface area contributed by atoms with Crippen molar-refractivity contribution in [2.45, 2.75) is 19.6 Å². The number of aryl methyl sites for hydroxylation is 1. The first kappa shape index (κ1) is 17.3. The third-order valence-corrected chi connectivity index (χ3v) is 3.82. The van der Waals surface area contributed by atoms with Crippen LogP contribution in [-0.4, -0.2) is 20.1 Å². The third kappa shape index (κ3) is 4.24. The summed E-state index contributed by atoms with van der Waals surface area (Å²) in [6.07, 6.45) is -0.728. The number of ether oxygens (including phenoxy) is 2. The van der Waals surface area contributed by atoms with Crippen LogP contribution >= 0.6 is 11.6 Å². The maximum absolute atomic E-state index is 12.0. The van der Waals surface area contributed by atoms with Gasteiger partial charge in [-0.15, -0.1) is 0 Å². The second-order valence-electron chi connectivity index (χ2n) is 5.13. The van der Waals surface area contributed by atoms with Crippen molar-refractivity contribution >= 4 is 17.5 Å². The predicted molar refractivity (Wildman–Crippen MR) is 90.8 cm³/mol. The summed E-state index contributed by atoms with van der Waals surface area (Å²) in [4.78, 5) is 12.0. The zero-order chi connectivity index (χ0) is 16.8. The highest BCUT2D eigenvalue weighted by molar-refractivity contribution is 6.30. The minimum Gasteiger partial charge on any atom is -0.489 e. The highest BCUT2D eigenvalue weighted by atomic mass is 35.5. The van der Waals surface area contributed by atoms with Crippen LogP contribution in [0.4, 0.5) is 0 Å². The van der Waals surface area contributed by atoms with E-state index in [0.29, 0.717) is 17.2 Å². The number of carbonyl (C=O) groups excluding carboxylic acids is 1. The quantitative estimate of drug-likeness (QED) is 0.877. The Bertz CT molecular complexity index is 688. The van der Waals surface area contributed by atoms with Crippen LogP contribution < -0.4 is 10.1 Å². The largest absolute Gasteiger partial charge is 0.489 e. The lowest BCUT2D eigenvalue weighted by molar-refractivity contribution is -0.130. The van der Waals surface area contributed by atoms with Gasteiger partial charge in [0, 0.05) is 19.2 Å². The molecule has 0 aliphatic carbocycles. The fourth-order valence-corrected chi connectivity index (χ4v) is 2.50. The first-order chi connectivity index (χ1) is 11.1. The van der Waals surface area contributed by atoms with Crippen LogP contribution in [0.5, 0.6) is 5.75 Å². The monoisotopic (exact) mass is 333 g/mol. The number of nitrogens with one attached hydrogen (secondary N) is 1. The summed E-state index contributed by atoms with van der Waals surface area (Å²) >= 11 is 6.08. The van der Waals surface area contributed by atoms with Crippen molar-refractivity contribution in [2.75, 3.05) is 14.2 Å². The Morgan fingerprint density at radius 1 is 1.26 bits per heavy atom. The van der Waals surface area contributed by atoms with Crippen molar-refractivity contribution < 1.29 is 14.3 Å². The molecule has 2 rings (SSSR count). The molecule has 0 saturated carbocycles. The molecule has 1 atom stereocenters. The maximum atomic E-state index is 12.0. The van der Waals surface area contributed by atoms with Crippen molar-refractivity contribution in [3.63, 3.8) is 0 Å². The molecule has 0 aromatic heterocycles. The summed E-state index contributed by atoms with van der Waals surface area (Å²) in [6.45, 7) is 2.31. The molecule has 0 spiro atoms. The van der Waals surface area contributed by atoms with Gasteiger partial charge in [-0.1, -0.05) is 35.9 Å². The number of likely N-dealkylation sites (N-methyl/N-ethyl adjacent to an activating group) is 1. The maximum Gasteiger partial charge on any atom is 0.253 e. The molecule has 0 saturated heterocycles. The summed E-state index contributed by atoms with van der Waals surface area (Å²) in [5.74, 6) is 0.578. The molecule has 0 heterocycles. The summed E-state index contributed by atoms with van der Waals surface area (Å²) in [5, 5.41) is 3.14. The fraction of sp³-hybridized carbons (Fsp3) is 0.278. The van der Waals surface area contributed by atoms with E-state index < -0.39 is 6.10 Å². The molecule has 0 fully saturated rings. The lowest BCUT2D eigenvalue weighted by Crippen LogP contribution is -2.27. The smallest absolute Gasteiger partial charge is 0.253 e. The van der Waals surface area contributed by atoms with Gasteiger partial charge in [0.15, 0.2) is 6.10 Å². The first-order valence-corrected chi connectivity index (χ1v) is 7.65. The highest BCUT2D eigenvalue weighted by Crippen LogP contribution is 2.27. The van der Waals surface area contributed by atoms with Crippen molar-refractivity contribution in [3.8, 4) is 5.75 Å². The molecule has 0 aliphatic rings. The topological polar surface area (TPSA) is 47.6 Å². The molecule has 2 aromatic carbocycles. The van der Waals surface area contributed by atoms with Crippen LogP contribution in [-0.2, 0) is 16.1 Å². The zero-order valence-corrected chi connectivity index (χ0v) is 14.2. The van der Waals surface area contributed by atoms with Crippen LogP contribution in [0.1, 0.15) is 22.8 Å². The van der Waals surface area contributed by atoms with Crippen molar-refractivity contribution in [1.29, 1.82) is 0 Å². The molecule has 1 unspecified atom stereocenters. The van der Waals surface area contributed by atoms with Crippen LogP contribution in [0.15, 0.2) is 42.5 Å². The molecular formula is C18H20ClNO3. The summed E-state index contributed by atoms with van der Waals surface area (Å²) < 4.78 is 11.2. The van der Waals surface area contributed by atoms with E-state index >= 15 is 0 Å². The van der Waals surface area contributed by atoms with E-state index in [-0.39, 0.29) is 5.91 Å². The number of hydrogen-bond acceptors (Lipinski definition) is 3. The SMILES string of the molecule is CNC(=O)C(OC)c1cc(Cl)ccc1COc1ccccc1C. The minimum absolute atomic E-state index is 0.230. The lowest BCUT2D eigenvalue weighted by Gasteiger charge is -2.19. The Morgan fingerprint density at radius 3 is 2.65 bits per heavy atom. The molecule has 23 heavy (non-hydrogen) atoms. The van der Waals surface area contributed by atoms with Gasteiger partial charge >= 0.3 is 0 Å². The molecule has 4 nitrogen and oxygen atoms in total. The second kappa shape index (κ2) is 7.99. The molecule has 5 heteroatoms. The van der Waals surface area contributed by atoms with E-state index in [1.807, 2.05) is 37.3 Å². The summed E-state index contributed by atoms with van der Waals surface area (Å²) in [7, 11) is 3.06. The Morgan fingerprint density at radius 2 is 2.00 bits per heavy atom. The molecule has 2 aromatic rings. The standard InChI is InChI=1S/C18H20ClNO3/c1-12-6-4-5-7-16(12)23-11-13-8-9-14(19)10-15(13)17(22-3)18(21)20-2/h4-10,17H,11H2,1-3H3,(H,20,21). The lowest BCUT2D eigenvalue weighted by atomic mass is 10.0. The number of halogens is 1. The molecule has 0 radical (unpaired) electrons. The van der Waals surface area contributed by atoms with Crippen LogP contribution in [0.3, 0.4) is 0 Å². The highest BCUT2D eigenvalue weighted by Gasteiger charge is 2.22. The van der Waals surface area contributed by atoms with Gasteiger partial charge < -0.3 is 14.8 Å². The number of rotatable bonds is 6. The van der Waals surface area contributed by atoms with E-state index in [9.17, 15) is 4.79 Å². The van der Waals surface area contributed by atoms with Crippen LogP contribution in [0.25, 0.3) is 0 Å². The van der Waals surface area contributed by atoms with Crippen molar-refractivity contribution in [2.24, 2.45) is 0 Å². The van der Waals surface area contributed by atoms with Gasteiger partial charge in [-0.3, -0.25) is 4.79 Å². The van der Waals surface area contributed by atoms with Crippen molar-refractivity contribution in [3.05, 3.63) is 64.2 Å². The molecule has 122 valence electrons. The van der Waals surface area contributed by atoms with Gasteiger partial charge in [0.05, 0.1) is 0 Å². The van der Waals surface area contributed by atoms with E-state index in [0.717, 1.165) is 16.9 Å². The normalized spacial score (nSPS) is 11.8. The van der Waals surface area contributed by atoms with Gasteiger partial charge in [-0.05, 0) is 41.8 Å². The van der Waals surface area contributed by atoms with Gasteiger partial charge in [0.1, 0.15) is 12.4 Å². The molecule has 1 N–H and O–H groups in total. The van der Waals surface area contributed by atoms with E-state index in [1.54, 1.807) is 19.2 Å². The molecule has 0 bridgehead atoms. The Labute approximate surface area is 141 Å². The van der Waals surface area contributed by atoms with Gasteiger partial charge in [-0.2, -0.15) is 0 Å². The predicted octanol–water partition coefficient (Wildman–Crippen LogP) is 3.66. The molecule has 1 amide bonds. The van der Waals surface area contributed by atoms with E-state index in [1.165, 1.54) is 7.11 Å². The number of carbonyl (C=O) groups is 1. The van der Waals surface area contributed by atoms with Gasteiger partial charge in [0.25, 0.3) is 5.91 Å². The van der Waals surface area contributed by atoms with Crippen LogP contribution in [0.2, 0.25) is 5.02 Å². The fourth-order valence-electron chi connectivity index (χ4n) is 2.32. The van der Waals surface area contributed by atoms with E-state index in [2.05, 4.69) is 5.32 Å². The van der Waals surface area contributed by atoms with Gasteiger partial charge in [-0.25, -0.2) is 0 Å². The Balaban J connectivity index is 2.28. The minimum atomic E-state index is -0.728. The molecular weight excluding hydrogens is 314 g/mol. The zero-order valence-electron chi connectivity index (χ0n) is 13.4. The van der Waals surface area contributed by atoms with Gasteiger partial charge in [0.2, 0.25) is 0 Å². The summed E-state index contributed by atoms with van der Waals surface area (Å²) in [5.41, 5.74) is 2.61. The first-order valence-electron chi connectivity index (χ1n) is 7.28. The van der Waals surface area contributed by atoms with E-state index in [4.69, 9.17) is 21.1 Å². The van der Waals surface area contributed by atoms with Crippen molar-refractivity contribution in [1.82, 2.24) is 5.32 Å². The van der Waals surface area contributed by atoms with Crippen LogP contribution in [0, 0.1) is 6.92 Å². The number of benzene rings is 2. The summed E-state index contributed by atoms with van der Waals surface area (Å²) in [6, 6.07) is 13.2. The number of para-hydroxylation sites is 1. The average molecular weight is 334 g/mol. The Hall–Kier alpha value is -2.04.